The number of ether oxygens (including phenoxy) is 2. The Morgan fingerprint density at radius 2 is 1.94 bits per heavy atom. The van der Waals surface area contributed by atoms with Crippen molar-refractivity contribution in [2.24, 2.45) is 5.73 Å². The molecule has 5 nitrogen and oxygen atoms in total. The van der Waals surface area contributed by atoms with Crippen molar-refractivity contribution >= 4 is 5.97 Å². The molecule has 88 valence electrons. The van der Waals surface area contributed by atoms with Crippen molar-refractivity contribution in [2.45, 2.75) is 6.42 Å². The first-order valence-electron chi connectivity index (χ1n) is 4.82. The number of hydrogen-bond donors (Lipinski definition) is 2. The number of methoxy groups -OCH3 is 2. The third-order valence-electron chi connectivity index (χ3n) is 2.25. The fraction of sp³-hybridized carbons (Fsp3) is 0.364. The molecule has 0 atom stereocenters. The highest BCUT2D eigenvalue weighted by Crippen LogP contribution is 2.29. The molecule has 0 aliphatic carbocycles. The van der Waals surface area contributed by atoms with E-state index < -0.39 is 5.97 Å². The lowest BCUT2D eigenvalue weighted by Gasteiger charge is -2.12. The monoisotopic (exact) mass is 225 g/mol. The Morgan fingerprint density at radius 3 is 2.38 bits per heavy atom. The fourth-order valence-electron chi connectivity index (χ4n) is 1.48. The van der Waals surface area contributed by atoms with Crippen molar-refractivity contribution in [2.75, 3.05) is 20.8 Å². The molecule has 0 aliphatic heterocycles. The lowest BCUT2D eigenvalue weighted by molar-refractivity contribution is 0.0693. The van der Waals surface area contributed by atoms with Crippen LogP contribution in [0.5, 0.6) is 11.5 Å². The van der Waals surface area contributed by atoms with Gasteiger partial charge in [-0.05, 0) is 30.7 Å². The highest BCUT2D eigenvalue weighted by Gasteiger charge is 2.15. The quantitative estimate of drug-likeness (QED) is 0.778. The second-order valence-electron chi connectivity index (χ2n) is 3.21. The van der Waals surface area contributed by atoms with E-state index in [-0.39, 0.29) is 5.56 Å². The predicted octanol–water partition coefficient (Wildman–Crippen LogP) is 0.903. The third-order valence-corrected chi connectivity index (χ3v) is 2.25. The largest absolute Gasteiger partial charge is 0.496 e. The summed E-state index contributed by atoms with van der Waals surface area (Å²) in [5.41, 5.74) is 6.38. The first kappa shape index (κ1) is 12.3. The maximum atomic E-state index is 11.0. The molecule has 0 radical (unpaired) electrons. The molecule has 3 N–H and O–H groups in total. The molecule has 0 saturated carbocycles. The van der Waals surface area contributed by atoms with Gasteiger partial charge in [-0.15, -0.1) is 0 Å². The predicted molar refractivity (Wildman–Crippen MR) is 59.3 cm³/mol. The van der Waals surface area contributed by atoms with E-state index in [1.807, 2.05) is 0 Å². The Balaban J connectivity index is 3.28. The Bertz CT molecular complexity index is 390. The lowest BCUT2D eigenvalue weighted by Crippen LogP contribution is -2.07. The van der Waals surface area contributed by atoms with Crippen LogP contribution in [0.3, 0.4) is 0 Å². The number of benzene rings is 1. The smallest absolute Gasteiger partial charge is 0.339 e. The van der Waals surface area contributed by atoms with Gasteiger partial charge in [-0.1, -0.05) is 0 Å². The lowest BCUT2D eigenvalue weighted by atomic mass is 10.1. The van der Waals surface area contributed by atoms with Gasteiger partial charge in [0.05, 0.1) is 14.2 Å². The van der Waals surface area contributed by atoms with Crippen LogP contribution in [0.15, 0.2) is 12.1 Å². The van der Waals surface area contributed by atoms with Gasteiger partial charge < -0.3 is 20.3 Å². The molecule has 0 amide bonds. The van der Waals surface area contributed by atoms with Crippen LogP contribution in [-0.4, -0.2) is 31.8 Å². The molecule has 1 aromatic carbocycles. The molecule has 0 heterocycles. The number of rotatable bonds is 5. The average Bonchev–Trinajstić information content (AvgIpc) is 2.28. The highest BCUT2D eigenvalue weighted by molar-refractivity contribution is 5.91. The standard InChI is InChI=1S/C11H15NO4/c1-15-9-6-8(11(13)14)10(16-2)5-7(9)3-4-12/h5-6H,3-4,12H2,1-2H3,(H,13,14). The van der Waals surface area contributed by atoms with Crippen LogP contribution in [0.2, 0.25) is 0 Å². The molecule has 0 saturated heterocycles. The molecule has 5 heteroatoms. The van der Waals surface area contributed by atoms with E-state index in [0.29, 0.717) is 24.5 Å². The van der Waals surface area contributed by atoms with Crippen LogP contribution < -0.4 is 15.2 Å². The second-order valence-corrected chi connectivity index (χ2v) is 3.21. The fourth-order valence-corrected chi connectivity index (χ4v) is 1.48. The number of nitrogens with two attached hydrogens (primary N) is 1. The van der Waals surface area contributed by atoms with Crippen LogP contribution in [-0.2, 0) is 6.42 Å². The van der Waals surface area contributed by atoms with E-state index in [1.54, 1.807) is 6.07 Å². The molecular formula is C11H15NO4. The van der Waals surface area contributed by atoms with Gasteiger partial charge in [-0.2, -0.15) is 0 Å². The first-order chi connectivity index (χ1) is 7.63. The summed E-state index contributed by atoms with van der Waals surface area (Å²) in [6, 6.07) is 3.10. The van der Waals surface area contributed by atoms with Crippen LogP contribution in [0.25, 0.3) is 0 Å². The SMILES string of the molecule is COc1cc(C(=O)O)c(OC)cc1CCN. The minimum atomic E-state index is -1.05. The van der Waals surface area contributed by atoms with Crippen molar-refractivity contribution in [1.82, 2.24) is 0 Å². The molecule has 0 aromatic heterocycles. The van der Waals surface area contributed by atoms with E-state index in [0.717, 1.165) is 5.56 Å². The molecule has 0 aliphatic rings. The van der Waals surface area contributed by atoms with E-state index in [2.05, 4.69) is 0 Å². The number of hydrogen-bond acceptors (Lipinski definition) is 4. The van der Waals surface area contributed by atoms with Gasteiger partial charge >= 0.3 is 5.97 Å². The summed E-state index contributed by atoms with van der Waals surface area (Å²) in [7, 11) is 2.92. The zero-order valence-corrected chi connectivity index (χ0v) is 9.32. The van der Waals surface area contributed by atoms with E-state index in [1.165, 1.54) is 20.3 Å². The summed E-state index contributed by atoms with van der Waals surface area (Å²) < 4.78 is 10.1. The Labute approximate surface area is 93.8 Å². The van der Waals surface area contributed by atoms with Crippen LogP contribution in [0.4, 0.5) is 0 Å². The summed E-state index contributed by atoms with van der Waals surface area (Å²) >= 11 is 0. The minimum absolute atomic E-state index is 0.0834. The zero-order valence-electron chi connectivity index (χ0n) is 9.32. The Morgan fingerprint density at radius 1 is 1.31 bits per heavy atom. The van der Waals surface area contributed by atoms with E-state index in [9.17, 15) is 4.79 Å². The topological polar surface area (TPSA) is 81.8 Å². The van der Waals surface area contributed by atoms with E-state index >= 15 is 0 Å². The normalized spacial score (nSPS) is 9.94. The first-order valence-corrected chi connectivity index (χ1v) is 4.82. The maximum Gasteiger partial charge on any atom is 0.339 e. The zero-order chi connectivity index (χ0) is 12.1. The van der Waals surface area contributed by atoms with Crippen molar-refractivity contribution < 1.29 is 19.4 Å². The summed E-state index contributed by atoms with van der Waals surface area (Å²) in [5.74, 6) is -0.213. The maximum absolute atomic E-state index is 11.0. The van der Waals surface area contributed by atoms with Gasteiger partial charge in [0.1, 0.15) is 17.1 Å². The van der Waals surface area contributed by atoms with Gasteiger partial charge in [0.15, 0.2) is 0 Å². The molecule has 0 unspecified atom stereocenters. The molecule has 0 bridgehead atoms. The van der Waals surface area contributed by atoms with Crippen molar-refractivity contribution in [3.8, 4) is 11.5 Å². The van der Waals surface area contributed by atoms with Gasteiger partial charge in [0, 0.05) is 0 Å². The molecular weight excluding hydrogens is 210 g/mol. The van der Waals surface area contributed by atoms with Gasteiger partial charge in [-0.3, -0.25) is 0 Å². The van der Waals surface area contributed by atoms with Crippen molar-refractivity contribution in [3.63, 3.8) is 0 Å². The Kier molecular flexibility index (Phi) is 4.13. The van der Waals surface area contributed by atoms with Gasteiger partial charge in [-0.25, -0.2) is 4.79 Å². The Hall–Kier alpha value is -1.75. The number of carboxylic acid groups (broad SMARTS) is 1. The van der Waals surface area contributed by atoms with Crippen LogP contribution in [0, 0.1) is 0 Å². The summed E-state index contributed by atoms with van der Waals surface area (Å²) in [6.07, 6.45) is 0.611. The molecule has 16 heavy (non-hydrogen) atoms. The summed E-state index contributed by atoms with van der Waals surface area (Å²) in [4.78, 5) is 11.0. The highest BCUT2D eigenvalue weighted by atomic mass is 16.5. The summed E-state index contributed by atoms with van der Waals surface area (Å²) in [6.45, 7) is 0.464. The number of aromatic carboxylic acids is 1. The van der Waals surface area contributed by atoms with Crippen LogP contribution >= 0.6 is 0 Å². The van der Waals surface area contributed by atoms with Crippen molar-refractivity contribution in [3.05, 3.63) is 23.3 Å². The van der Waals surface area contributed by atoms with Gasteiger partial charge in [0.2, 0.25) is 0 Å². The molecule has 1 aromatic rings. The molecule has 0 spiro atoms. The van der Waals surface area contributed by atoms with E-state index in [4.69, 9.17) is 20.3 Å². The second kappa shape index (κ2) is 5.37. The minimum Gasteiger partial charge on any atom is -0.496 e. The number of carbonyl (C=O) groups is 1. The number of carboxylic acids is 1. The van der Waals surface area contributed by atoms with Crippen LogP contribution in [0.1, 0.15) is 15.9 Å². The molecule has 0 fully saturated rings. The van der Waals surface area contributed by atoms with Gasteiger partial charge in [0.25, 0.3) is 0 Å². The average molecular weight is 225 g/mol. The third kappa shape index (κ3) is 2.43. The van der Waals surface area contributed by atoms with Crippen molar-refractivity contribution in [1.29, 1.82) is 0 Å². The summed E-state index contributed by atoms with van der Waals surface area (Å²) in [5, 5.41) is 8.98. The molecule has 1 rings (SSSR count).